The molecule has 188 valence electrons. The lowest BCUT2D eigenvalue weighted by Gasteiger charge is -2.21. The number of benzene rings is 6. The number of hydrogen-bond acceptors (Lipinski definition) is 2. The molecule has 0 aliphatic heterocycles. The van der Waals surface area contributed by atoms with Crippen molar-refractivity contribution in [3.63, 3.8) is 0 Å². The molecule has 2 aromatic heterocycles. The maximum atomic E-state index is 2.37. The monoisotopic (exact) mass is 544 g/mol. The van der Waals surface area contributed by atoms with Crippen LogP contribution < -0.4 is 0 Å². The Morgan fingerprint density at radius 2 is 1.00 bits per heavy atom. The molecule has 0 N–H and O–H groups in total. The topological polar surface area (TPSA) is 0 Å². The molecule has 40 heavy (non-hydrogen) atoms. The van der Waals surface area contributed by atoms with E-state index in [1.165, 1.54) is 84.9 Å². The summed E-state index contributed by atoms with van der Waals surface area (Å²) in [4.78, 5) is 0. The number of rotatable bonds is 2. The maximum Gasteiger partial charge on any atom is 0.0434 e. The fourth-order valence-electron chi connectivity index (χ4n) is 6.73. The van der Waals surface area contributed by atoms with Crippen molar-refractivity contribution < 1.29 is 0 Å². The van der Waals surface area contributed by atoms with Crippen molar-refractivity contribution >= 4 is 63.0 Å². The minimum atomic E-state index is 1.12. The van der Waals surface area contributed by atoms with Crippen LogP contribution in [-0.4, -0.2) is 0 Å². The van der Waals surface area contributed by atoms with Crippen LogP contribution in [0.25, 0.3) is 73.7 Å². The molecule has 0 spiro atoms. The van der Waals surface area contributed by atoms with Gasteiger partial charge in [0.2, 0.25) is 0 Å². The summed E-state index contributed by atoms with van der Waals surface area (Å²) in [6.07, 6.45) is 2.25. The number of hydrogen-bond donors (Lipinski definition) is 0. The van der Waals surface area contributed by atoms with Crippen LogP contribution in [-0.2, 0) is 12.8 Å². The molecule has 0 amide bonds. The quantitative estimate of drug-likeness (QED) is 0.203. The van der Waals surface area contributed by atoms with Crippen molar-refractivity contribution in [1.82, 2.24) is 0 Å². The lowest BCUT2D eigenvalue weighted by atomic mass is 9.83. The number of aryl methyl sites for hydroxylation is 2. The van der Waals surface area contributed by atoms with Gasteiger partial charge in [-0.2, -0.15) is 0 Å². The summed E-state index contributed by atoms with van der Waals surface area (Å²) in [6, 6.07) is 45.2. The summed E-state index contributed by atoms with van der Waals surface area (Å²) in [6.45, 7) is 0. The first-order valence-corrected chi connectivity index (χ1v) is 15.5. The Hall–Kier alpha value is -4.24. The van der Waals surface area contributed by atoms with Crippen LogP contribution in [0.4, 0.5) is 0 Å². The molecule has 9 rings (SSSR count). The first kappa shape index (κ1) is 22.6. The second-order valence-electron chi connectivity index (χ2n) is 10.8. The van der Waals surface area contributed by atoms with Crippen LogP contribution in [0.1, 0.15) is 11.1 Å². The summed E-state index contributed by atoms with van der Waals surface area (Å²) in [7, 11) is 0. The molecule has 0 saturated carbocycles. The highest BCUT2D eigenvalue weighted by Crippen LogP contribution is 2.47. The van der Waals surface area contributed by atoms with Gasteiger partial charge in [0.05, 0.1) is 0 Å². The van der Waals surface area contributed by atoms with E-state index in [-0.39, 0.29) is 0 Å². The lowest BCUT2D eigenvalue weighted by molar-refractivity contribution is 0.945. The van der Waals surface area contributed by atoms with Crippen LogP contribution >= 0.6 is 22.7 Å². The molecule has 0 radical (unpaired) electrons. The Balaban J connectivity index is 1.20. The van der Waals surface area contributed by atoms with Gasteiger partial charge in [-0.15, -0.1) is 22.7 Å². The van der Waals surface area contributed by atoms with Crippen LogP contribution in [0.3, 0.4) is 0 Å². The molecular weight excluding hydrogens is 521 g/mol. The predicted octanol–water partition coefficient (Wildman–Crippen LogP) is 11.5. The van der Waals surface area contributed by atoms with Gasteiger partial charge in [0, 0.05) is 40.3 Å². The van der Waals surface area contributed by atoms with Crippen LogP contribution in [0.15, 0.2) is 121 Å². The van der Waals surface area contributed by atoms with E-state index >= 15 is 0 Å². The van der Waals surface area contributed by atoms with Gasteiger partial charge in [0.25, 0.3) is 0 Å². The van der Waals surface area contributed by atoms with Crippen LogP contribution in [0.5, 0.6) is 0 Å². The van der Waals surface area contributed by atoms with Gasteiger partial charge >= 0.3 is 0 Å². The second kappa shape index (κ2) is 8.63. The third kappa shape index (κ3) is 3.24. The average Bonchev–Trinajstić information content (AvgIpc) is 3.59. The molecule has 0 unspecified atom stereocenters. The normalized spacial score (nSPS) is 12.8. The Kier molecular flexibility index (Phi) is 4.87. The van der Waals surface area contributed by atoms with Gasteiger partial charge in [-0.05, 0) is 69.5 Å². The van der Waals surface area contributed by atoms with Crippen molar-refractivity contribution in [1.29, 1.82) is 0 Å². The minimum Gasteiger partial charge on any atom is -0.135 e. The Labute approximate surface area is 240 Å². The molecule has 2 heteroatoms. The van der Waals surface area contributed by atoms with Gasteiger partial charge in [0.15, 0.2) is 0 Å². The van der Waals surface area contributed by atoms with E-state index in [1.54, 1.807) is 0 Å². The largest absolute Gasteiger partial charge is 0.135 e. The maximum absolute atomic E-state index is 2.37. The first-order chi connectivity index (χ1) is 19.8. The highest BCUT2D eigenvalue weighted by atomic mass is 32.1. The smallest absolute Gasteiger partial charge is 0.0434 e. The van der Waals surface area contributed by atoms with Crippen molar-refractivity contribution in [2.45, 2.75) is 12.8 Å². The van der Waals surface area contributed by atoms with Crippen LogP contribution in [0, 0.1) is 0 Å². The molecular formula is C38H24S2. The Morgan fingerprint density at radius 3 is 1.82 bits per heavy atom. The van der Waals surface area contributed by atoms with E-state index in [1.807, 2.05) is 22.7 Å². The van der Waals surface area contributed by atoms with Gasteiger partial charge in [-0.1, -0.05) is 109 Å². The Bertz CT molecular complexity index is 2260. The molecule has 0 atom stereocenters. The molecule has 0 saturated heterocycles. The second-order valence-corrected chi connectivity index (χ2v) is 12.9. The van der Waals surface area contributed by atoms with Crippen molar-refractivity contribution in [2.75, 3.05) is 0 Å². The zero-order valence-corrected chi connectivity index (χ0v) is 23.4. The molecule has 2 heterocycles. The predicted molar refractivity (Wildman–Crippen MR) is 176 cm³/mol. The van der Waals surface area contributed by atoms with Crippen molar-refractivity contribution in [3.8, 4) is 33.4 Å². The van der Waals surface area contributed by atoms with E-state index in [9.17, 15) is 0 Å². The molecule has 0 bridgehead atoms. The van der Waals surface area contributed by atoms with Crippen molar-refractivity contribution in [2.24, 2.45) is 0 Å². The molecule has 6 aromatic carbocycles. The Morgan fingerprint density at radius 1 is 0.400 bits per heavy atom. The molecule has 1 aliphatic rings. The molecule has 8 aromatic rings. The third-order valence-electron chi connectivity index (χ3n) is 8.61. The highest BCUT2D eigenvalue weighted by Gasteiger charge is 2.21. The zero-order chi connectivity index (χ0) is 26.2. The van der Waals surface area contributed by atoms with Gasteiger partial charge in [-0.25, -0.2) is 0 Å². The summed E-state index contributed by atoms with van der Waals surface area (Å²) in [5.41, 5.74) is 11.0. The minimum absolute atomic E-state index is 1.12. The summed E-state index contributed by atoms with van der Waals surface area (Å²) in [5.74, 6) is 0. The molecule has 1 aliphatic carbocycles. The van der Waals surface area contributed by atoms with E-state index in [0.717, 1.165) is 12.8 Å². The molecule has 0 fully saturated rings. The summed E-state index contributed by atoms with van der Waals surface area (Å²) < 4.78 is 5.48. The number of fused-ring (bicyclic) bond motifs is 10. The van der Waals surface area contributed by atoms with Crippen LogP contribution in [0.2, 0.25) is 0 Å². The highest BCUT2D eigenvalue weighted by molar-refractivity contribution is 7.26. The van der Waals surface area contributed by atoms with Gasteiger partial charge < -0.3 is 0 Å². The van der Waals surface area contributed by atoms with Gasteiger partial charge in [0.1, 0.15) is 0 Å². The van der Waals surface area contributed by atoms with E-state index < -0.39 is 0 Å². The molecule has 0 nitrogen and oxygen atoms in total. The fourth-order valence-corrected chi connectivity index (χ4v) is 9.22. The summed E-state index contributed by atoms with van der Waals surface area (Å²) >= 11 is 3.83. The lowest BCUT2D eigenvalue weighted by Crippen LogP contribution is -2.03. The van der Waals surface area contributed by atoms with E-state index in [0.29, 0.717) is 0 Å². The van der Waals surface area contributed by atoms with Crippen molar-refractivity contribution in [3.05, 3.63) is 132 Å². The van der Waals surface area contributed by atoms with E-state index in [4.69, 9.17) is 0 Å². The fraction of sp³-hybridized carbons (Fsp3) is 0.0526. The third-order valence-corrected chi connectivity index (χ3v) is 11.0. The zero-order valence-electron chi connectivity index (χ0n) is 21.8. The SMILES string of the molecule is c1ccc2c(c1)CCc1ccc3sc4c(-c5ccc(-c6cccc7c6sc6ccccc67)cc5)cccc4c3c1-2. The first-order valence-electron chi connectivity index (χ1n) is 13.9. The summed E-state index contributed by atoms with van der Waals surface area (Å²) in [5, 5.41) is 5.51. The van der Waals surface area contributed by atoms with E-state index in [2.05, 4.69) is 121 Å². The standard InChI is InChI=1S/C38H24S2/c1-2-8-27-23(7-1)19-20-26-21-22-34-36(35(26)27)32-13-6-11-29(38(32)40-34)25-17-15-24(16-18-25)28-10-5-12-31-30-9-3-4-14-33(30)39-37(28)31/h1-18,21-22H,19-20H2. The number of thiophene rings is 2. The van der Waals surface area contributed by atoms with Gasteiger partial charge in [-0.3, -0.25) is 0 Å². The average molecular weight is 545 g/mol.